The predicted molar refractivity (Wildman–Crippen MR) is 116 cm³/mol. The van der Waals surface area contributed by atoms with E-state index in [9.17, 15) is 4.79 Å². The highest BCUT2D eigenvalue weighted by Crippen LogP contribution is 2.22. The number of hydrogen-bond acceptors (Lipinski definition) is 4. The summed E-state index contributed by atoms with van der Waals surface area (Å²) >= 11 is 0. The van der Waals surface area contributed by atoms with Crippen LogP contribution in [-0.2, 0) is 13.5 Å². The minimum Gasteiger partial charge on any atom is -0.497 e. The summed E-state index contributed by atoms with van der Waals surface area (Å²) in [5, 5.41) is 10.2. The third kappa shape index (κ3) is 4.27. The molecule has 1 unspecified atom stereocenters. The molecule has 4 aromatic rings. The zero-order valence-corrected chi connectivity index (χ0v) is 17.1. The number of urea groups is 1. The van der Waals surface area contributed by atoms with Crippen LogP contribution in [0.15, 0.2) is 54.6 Å². The normalized spacial score (nSPS) is 12.0. The number of amides is 2. The summed E-state index contributed by atoms with van der Waals surface area (Å²) in [6.07, 6.45) is 0.571. The summed E-state index contributed by atoms with van der Waals surface area (Å²) in [5.74, 6) is 2.11. The van der Waals surface area contributed by atoms with Crippen molar-refractivity contribution in [1.29, 1.82) is 0 Å². The molecule has 2 amide bonds. The lowest BCUT2D eigenvalue weighted by molar-refractivity contribution is 0.248. The Morgan fingerprint density at radius 3 is 2.63 bits per heavy atom. The second-order valence-electron chi connectivity index (χ2n) is 7.14. The summed E-state index contributed by atoms with van der Waals surface area (Å²) in [6.45, 7) is 1.88. The number of rotatable bonds is 6. The SMILES string of the molecule is COc1ccc(CC(NC(=O)Nc2cc(C)nn2C)c2nc3ccccc3[nH]2)cc1. The number of H-pyrrole nitrogens is 1. The minimum atomic E-state index is -0.347. The van der Waals surface area contributed by atoms with Crippen LogP contribution in [0.3, 0.4) is 0 Å². The fourth-order valence-corrected chi connectivity index (χ4v) is 3.39. The Labute approximate surface area is 174 Å². The number of aromatic amines is 1. The number of ether oxygens (including phenoxy) is 1. The Morgan fingerprint density at radius 2 is 1.97 bits per heavy atom. The molecular formula is C22H24N6O2. The van der Waals surface area contributed by atoms with Crippen LogP contribution in [-0.4, -0.2) is 32.9 Å². The van der Waals surface area contributed by atoms with E-state index in [1.807, 2.05) is 61.5 Å². The number of aryl methyl sites for hydroxylation is 2. The van der Waals surface area contributed by atoms with E-state index in [0.717, 1.165) is 28.0 Å². The average Bonchev–Trinajstić information content (AvgIpc) is 3.30. The number of nitrogens with one attached hydrogen (secondary N) is 3. The lowest BCUT2D eigenvalue weighted by Gasteiger charge is -2.17. The maximum atomic E-state index is 12.7. The van der Waals surface area contributed by atoms with Crippen molar-refractivity contribution in [3.05, 3.63) is 71.7 Å². The first-order chi connectivity index (χ1) is 14.5. The zero-order chi connectivity index (χ0) is 21.1. The first kappa shape index (κ1) is 19.5. The lowest BCUT2D eigenvalue weighted by Crippen LogP contribution is -2.34. The smallest absolute Gasteiger partial charge is 0.320 e. The van der Waals surface area contributed by atoms with E-state index < -0.39 is 0 Å². The van der Waals surface area contributed by atoms with E-state index in [4.69, 9.17) is 4.74 Å². The molecule has 4 rings (SSSR count). The van der Waals surface area contributed by atoms with Gasteiger partial charge in [0.1, 0.15) is 17.4 Å². The maximum Gasteiger partial charge on any atom is 0.320 e. The molecule has 0 saturated carbocycles. The molecule has 0 radical (unpaired) electrons. The average molecular weight is 404 g/mol. The number of nitrogens with zero attached hydrogens (tertiary/aromatic N) is 3. The van der Waals surface area contributed by atoms with Crippen molar-refractivity contribution in [2.24, 2.45) is 7.05 Å². The van der Waals surface area contributed by atoms with Gasteiger partial charge >= 0.3 is 6.03 Å². The van der Waals surface area contributed by atoms with Gasteiger partial charge in [0, 0.05) is 13.1 Å². The molecule has 0 aliphatic rings. The molecule has 2 heterocycles. The molecule has 0 aliphatic carbocycles. The molecule has 0 fully saturated rings. The van der Waals surface area contributed by atoms with Gasteiger partial charge in [-0.1, -0.05) is 24.3 Å². The van der Waals surface area contributed by atoms with Crippen molar-refractivity contribution in [2.75, 3.05) is 12.4 Å². The standard InChI is InChI=1S/C22H24N6O2/c1-14-12-20(28(2)27-14)26-22(29)25-19(13-15-8-10-16(30-3)11-9-15)21-23-17-6-4-5-7-18(17)24-21/h4-12,19H,13H2,1-3H3,(H,23,24)(H2,25,26,29). The van der Waals surface area contributed by atoms with Crippen LogP contribution in [0.25, 0.3) is 11.0 Å². The van der Waals surface area contributed by atoms with Crippen LogP contribution in [0.1, 0.15) is 23.1 Å². The third-order valence-electron chi connectivity index (χ3n) is 4.89. The molecule has 0 bridgehead atoms. The molecule has 3 N–H and O–H groups in total. The summed E-state index contributed by atoms with van der Waals surface area (Å²) in [7, 11) is 3.43. The van der Waals surface area contributed by atoms with Crippen molar-refractivity contribution < 1.29 is 9.53 Å². The number of carbonyl (C=O) groups excluding carboxylic acids is 1. The van der Waals surface area contributed by atoms with Gasteiger partial charge in [-0.25, -0.2) is 9.78 Å². The van der Waals surface area contributed by atoms with E-state index in [1.165, 1.54) is 0 Å². The van der Waals surface area contributed by atoms with Crippen LogP contribution >= 0.6 is 0 Å². The van der Waals surface area contributed by atoms with E-state index in [2.05, 4.69) is 25.7 Å². The van der Waals surface area contributed by atoms with Gasteiger partial charge in [-0.2, -0.15) is 5.10 Å². The summed E-state index contributed by atoms with van der Waals surface area (Å²) in [6, 6.07) is 16.7. The Kier molecular flexibility index (Phi) is 5.38. The largest absolute Gasteiger partial charge is 0.497 e. The lowest BCUT2D eigenvalue weighted by atomic mass is 10.1. The Bertz CT molecular complexity index is 1130. The Hall–Kier alpha value is -3.81. The van der Waals surface area contributed by atoms with E-state index in [1.54, 1.807) is 18.8 Å². The first-order valence-electron chi connectivity index (χ1n) is 9.67. The number of fused-ring (bicyclic) bond motifs is 1. The number of para-hydroxylation sites is 2. The molecule has 0 saturated heterocycles. The van der Waals surface area contributed by atoms with Gasteiger partial charge in [0.15, 0.2) is 0 Å². The van der Waals surface area contributed by atoms with E-state index in [-0.39, 0.29) is 12.1 Å². The molecule has 154 valence electrons. The number of imidazole rings is 1. The summed E-state index contributed by atoms with van der Waals surface area (Å²) < 4.78 is 6.87. The van der Waals surface area contributed by atoms with E-state index in [0.29, 0.717) is 18.1 Å². The molecule has 30 heavy (non-hydrogen) atoms. The van der Waals surface area contributed by atoms with E-state index >= 15 is 0 Å². The van der Waals surface area contributed by atoms with Crippen LogP contribution in [0.2, 0.25) is 0 Å². The quantitative estimate of drug-likeness (QED) is 0.456. The van der Waals surface area contributed by atoms with Crippen molar-refractivity contribution in [3.8, 4) is 5.75 Å². The number of carbonyl (C=O) groups is 1. The highest BCUT2D eigenvalue weighted by molar-refractivity contribution is 5.88. The summed E-state index contributed by atoms with van der Waals surface area (Å²) in [5.41, 5.74) is 3.67. The van der Waals surface area contributed by atoms with Gasteiger partial charge in [0.05, 0.1) is 29.9 Å². The first-order valence-corrected chi connectivity index (χ1v) is 9.67. The Morgan fingerprint density at radius 1 is 1.20 bits per heavy atom. The van der Waals surface area contributed by atoms with Crippen molar-refractivity contribution in [2.45, 2.75) is 19.4 Å². The topological polar surface area (TPSA) is 96.9 Å². The van der Waals surface area contributed by atoms with Crippen LogP contribution < -0.4 is 15.4 Å². The highest BCUT2D eigenvalue weighted by Gasteiger charge is 2.20. The van der Waals surface area contributed by atoms with Gasteiger partial charge in [-0.05, 0) is 43.2 Å². The van der Waals surface area contributed by atoms with Gasteiger partial charge in [0.25, 0.3) is 0 Å². The highest BCUT2D eigenvalue weighted by atomic mass is 16.5. The Balaban J connectivity index is 1.58. The number of methoxy groups -OCH3 is 1. The van der Waals surface area contributed by atoms with Crippen molar-refractivity contribution in [3.63, 3.8) is 0 Å². The molecule has 0 spiro atoms. The molecular weight excluding hydrogens is 380 g/mol. The fourth-order valence-electron chi connectivity index (χ4n) is 3.39. The second kappa shape index (κ2) is 8.28. The number of hydrogen-bond donors (Lipinski definition) is 3. The predicted octanol–water partition coefficient (Wildman–Crippen LogP) is 3.72. The number of aromatic nitrogens is 4. The summed E-state index contributed by atoms with van der Waals surface area (Å²) in [4.78, 5) is 20.8. The number of benzene rings is 2. The molecule has 2 aromatic heterocycles. The minimum absolute atomic E-state index is 0.322. The maximum absolute atomic E-state index is 12.7. The molecule has 8 nitrogen and oxygen atoms in total. The van der Waals surface area contributed by atoms with Gasteiger partial charge in [-0.15, -0.1) is 0 Å². The zero-order valence-electron chi connectivity index (χ0n) is 17.1. The monoisotopic (exact) mass is 404 g/mol. The van der Waals surface area contributed by atoms with Gasteiger partial charge < -0.3 is 15.0 Å². The molecule has 2 aromatic carbocycles. The second-order valence-corrected chi connectivity index (χ2v) is 7.14. The third-order valence-corrected chi connectivity index (χ3v) is 4.89. The van der Waals surface area contributed by atoms with Crippen molar-refractivity contribution in [1.82, 2.24) is 25.1 Å². The van der Waals surface area contributed by atoms with Crippen LogP contribution in [0.4, 0.5) is 10.6 Å². The molecule has 1 atom stereocenters. The van der Waals surface area contributed by atoms with Gasteiger partial charge in [-0.3, -0.25) is 10.00 Å². The number of anilines is 1. The molecule has 8 heteroatoms. The van der Waals surface area contributed by atoms with Crippen LogP contribution in [0, 0.1) is 6.92 Å². The molecule has 0 aliphatic heterocycles. The van der Waals surface area contributed by atoms with Gasteiger partial charge in [0.2, 0.25) is 0 Å². The fraction of sp³-hybridized carbons (Fsp3) is 0.227. The van der Waals surface area contributed by atoms with Crippen LogP contribution in [0.5, 0.6) is 5.75 Å². The van der Waals surface area contributed by atoms with Crippen molar-refractivity contribution >= 4 is 22.9 Å².